The van der Waals surface area contributed by atoms with E-state index in [9.17, 15) is 9.59 Å². The number of fused-ring (bicyclic) bond motifs is 1. The smallest absolute Gasteiger partial charge is 0.336 e. The molecule has 152 valence electrons. The fraction of sp³-hybridized carbons (Fsp3) is 0.304. The third kappa shape index (κ3) is 4.96. The van der Waals surface area contributed by atoms with Crippen LogP contribution in [0.3, 0.4) is 0 Å². The van der Waals surface area contributed by atoms with Crippen LogP contribution in [-0.2, 0) is 4.79 Å². The second kappa shape index (κ2) is 8.82. The topological polar surface area (TPSA) is 77.8 Å². The highest BCUT2D eigenvalue weighted by molar-refractivity contribution is 5.82. The molecular formula is C23H25NO5. The second-order valence-corrected chi connectivity index (χ2v) is 7.26. The molecule has 1 amide bonds. The molecule has 0 saturated carbocycles. The fourth-order valence-corrected chi connectivity index (χ4v) is 3.21. The number of carbonyl (C=O) groups is 1. The van der Waals surface area contributed by atoms with Crippen LogP contribution in [0.25, 0.3) is 11.0 Å². The third-order valence-electron chi connectivity index (χ3n) is 4.75. The van der Waals surface area contributed by atoms with Crippen LogP contribution in [0.15, 0.2) is 57.7 Å². The lowest BCUT2D eigenvalue weighted by molar-refractivity contribution is -0.124. The lowest BCUT2D eigenvalue weighted by atomic mass is 9.96. The number of rotatable bonds is 7. The maximum Gasteiger partial charge on any atom is 0.336 e. The van der Waals surface area contributed by atoms with E-state index in [0.29, 0.717) is 11.3 Å². The minimum absolute atomic E-state index is 0.138. The van der Waals surface area contributed by atoms with Crippen molar-refractivity contribution in [2.75, 3.05) is 13.7 Å². The molecule has 29 heavy (non-hydrogen) atoms. The van der Waals surface area contributed by atoms with Gasteiger partial charge in [-0.3, -0.25) is 4.79 Å². The van der Waals surface area contributed by atoms with E-state index in [-0.39, 0.29) is 24.5 Å². The standard InChI is InChI=1S/C23H25NO5/c1-14(2)23(16-5-7-17(27-4)8-6-16)24-21(25)13-28-18-9-10-19-15(3)11-22(26)29-20(19)12-18/h5-12,14,23H,13H2,1-4H3,(H,24,25). The zero-order valence-corrected chi connectivity index (χ0v) is 17.0. The van der Waals surface area contributed by atoms with Gasteiger partial charge in [-0.2, -0.15) is 0 Å². The van der Waals surface area contributed by atoms with Gasteiger partial charge in [0.25, 0.3) is 5.91 Å². The molecule has 1 atom stereocenters. The molecule has 1 N–H and O–H groups in total. The largest absolute Gasteiger partial charge is 0.497 e. The van der Waals surface area contributed by atoms with E-state index < -0.39 is 5.63 Å². The van der Waals surface area contributed by atoms with Crippen LogP contribution in [0, 0.1) is 12.8 Å². The molecule has 0 radical (unpaired) electrons. The molecule has 6 nitrogen and oxygen atoms in total. The summed E-state index contributed by atoms with van der Waals surface area (Å²) in [4.78, 5) is 24.0. The molecule has 1 aromatic heterocycles. The maximum atomic E-state index is 12.5. The van der Waals surface area contributed by atoms with Crippen LogP contribution in [0.2, 0.25) is 0 Å². The van der Waals surface area contributed by atoms with Crippen molar-refractivity contribution in [3.8, 4) is 11.5 Å². The molecule has 0 aliphatic carbocycles. The molecule has 6 heteroatoms. The van der Waals surface area contributed by atoms with Crippen molar-refractivity contribution in [1.82, 2.24) is 5.32 Å². The molecule has 3 rings (SSSR count). The number of hydrogen-bond acceptors (Lipinski definition) is 5. The average Bonchev–Trinajstić information content (AvgIpc) is 2.70. The van der Waals surface area contributed by atoms with Gasteiger partial charge in [0.15, 0.2) is 6.61 Å². The molecule has 0 aliphatic rings. The van der Waals surface area contributed by atoms with Gasteiger partial charge in [0, 0.05) is 17.5 Å². The van der Waals surface area contributed by atoms with Gasteiger partial charge in [0.1, 0.15) is 17.1 Å². The van der Waals surface area contributed by atoms with E-state index in [1.165, 1.54) is 6.07 Å². The molecule has 0 saturated heterocycles. The predicted octanol–water partition coefficient (Wildman–Crippen LogP) is 4.00. The highest BCUT2D eigenvalue weighted by Crippen LogP contribution is 2.24. The maximum absolute atomic E-state index is 12.5. The fourth-order valence-electron chi connectivity index (χ4n) is 3.21. The van der Waals surface area contributed by atoms with E-state index in [4.69, 9.17) is 13.9 Å². The SMILES string of the molecule is COc1ccc(C(NC(=O)COc2ccc3c(C)cc(=O)oc3c2)C(C)C)cc1. The minimum atomic E-state index is -0.413. The van der Waals surface area contributed by atoms with Gasteiger partial charge in [-0.25, -0.2) is 4.79 Å². The zero-order valence-electron chi connectivity index (χ0n) is 17.0. The van der Waals surface area contributed by atoms with Gasteiger partial charge in [0.05, 0.1) is 13.2 Å². The number of nitrogens with one attached hydrogen (secondary N) is 1. The normalized spacial score (nSPS) is 12.0. The lowest BCUT2D eigenvalue weighted by Crippen LogP contribution is -2.35. The Labute approximate surface area is 169 Å². The van der Waals surface area contributed by atoms with Crippen molar-refractivity contribution in [2.24, 2.45) is 5.92 Å². The number of hydrogen-bond donors (Lipinski definition) is 1. The van der Waals surface area contributed by atoms with Crippen LogP contribution in [0.5, 0.6) is 11.5 Å². The minimum Gasteiger partial charge on any atom is -0.497 e. The summed E-state index contributed by atoms with van der Waals surface area (Å²) in [6.07, 6.45) is 0. The van der Waals surface area contributed by atoms with E-state index in [1.54, 1.807) is 19.2 Å². The number of methoxy groups -OCH3 is 1. The molecule has 1 unspecified atom stereocenters. The number of amides is 1. The predicted molar refractivity (Wildman–Crippen MR) is 111 cm³/mol. The number of benzene rings is 2. The van der Waals surface area contributed by atoms with Gasteiger partial charge >= 0.3 is 5.63 Å². The van der Waals surface area contributed by atoms with E-state index in [0.717, 1.165) is 22.3 Å². The van der Waals surface area contributed by atoms with Crippen LogP contribution in [-0.4, -0.2) is 19.6 Å². The molecule has 0 bridgehead atoms. The quantitative estimate of drug-likeness (QED) is 0.612. The Morgan fingerprint density at radius 2 is 1.76 bits per heavy atom. The first-order valence-electron chi connectivity index (χ1n) is 9.48. The first kappa shape index (κ1) is 20.5. The zero-order chi connectivity index (χ0) is 21.0. The summed E-state index contributed by atoms with van der Waals surface area (Å²) >= 11 is 0. The second-order valence-electron chi connectivity index (χ2n) is 7.26. The monoisotopic (exact) mass is 395 g/mol. The van der Waals surface area contributed by atoms with E-state index in [2.05, 4.69) is 5.32 Å². The molecule has 0 aliphatic heterocycles. The van der Waals surface area contributed by atoms with Crippen molar-refractivity contribution in [1.29, 1.82) is 0 Å². The Bertz CT molecular complexity index is 1050. The lowest BCUT2D eigenvalue weighted by Gasteiger charge is -2.23. The first-order valence-corrected chi connectivity index (χ1v) is 9.48. The Hall–Kier alpha value is -3.28. The number of aryl methyl sites for hydroxylation is 1. The molecule has 0 fully saturated rings. The Morgan fingerprint density at radius 1 is 1.07 bits per heavy atom. The van der Waals surface area contributed by atoms with Crippen LogP contribution >= 0.6 is 0 Å². The summed E-state index contributed by atoms with van der Waals surface area (Å²) in [6.45, 7) is 5.80. The van der Waals surface area contributed by atoms with Gasteiger partial charge in [-0.1, -0.05) is 26.0 Å². The summed E-state index contributed by atoms with van der Waals surface area (Å²) in [5.74, 6) is 1.20. The molecular weight excluding hydrogens is 370 g/mol. The molecule has 0 spiro atoms. The number of carbonyl (C=O) groups excluding carboxylic acids is 1. The van der Waals surface area contributed by atoms with Crippen molar-refractivity contribution < 1.29 is 18.7 Å². The molecule has 1 heterocycles. The van der Waals surface area contributed by atoms with Gasteiger partial charge in [-0.05, 0) is 48.2 Å². The molecule has 3 aromatic rings. The number of ether oxygens (including phenoxy) is 2. The van der Waals surface area contributed by atoms with Crippen LogP contribution < -0.4 is 20.4 Å². The van der Waals surface area contributed by atoms with Gasteiger partial charge < -0.3 is 19.2 Å². The van der Waals surface area contributed by atoms with Crippen molar-refractivity contribution in [3.63, 3.8) is 0 Å². The van der Waals surface area contributed by atoms with Crippen LogP contribution in [0.1, 0.15) is 31.0 Å². The van der Waals surface area contributed by atoms with Crippen LogP contribution in [0.4, 0.5) is 0 Å². The summed E-state index contributed by atoms with van der Waals surface area (Å²) in [5, 5.41) is 3.85. The summed E-state index contributed by atoms with van der Waals surface area (Å²) in [6, 6.07) is 14.1. The van der Waals surface area contributed by atoms with Crippen molar-refractivity contribution in [2.45, 2.75) is 26.8 Å². The molecule has 2 aromatic carbocycles. The van der Waals surface area contributed by atoms with E-state index >= 15 is 0 Å². The summed E-state index contributed by atoms with van der Waals surface area (Å²) < 4.78 is 16.0. The van der Waals surface area contributed by atoms with E-state index in [1.807, 2.05) is 51.1 Å². The van der Waals surface area contributed by atoms with Crippen molar-refractivity contribution in [3.05, 3.63) is 70.1 Å². The Morgan fingerprint density at radius 3 is 2.41 bits per heavy atom. The third-order valence-corrected chi connectivity index (χ3v) is 4.75. The summed E-state index contributed by atoms with van der Waals surface area (Å²) in [5.41, 5.74) is 1.85. The highest BCUT2D eigenvalue weighted by Gasteiger charge is 2.19. The average molecular weight is 395 g/mol. The Kier molecular flexibility index (Phi) is 6.22. The Balaban J connectivity index is 1.67. The van der Waals surface area contributed by atoms with Crippen molar-refractivity contribution >= 4 is 16.9 Å². The van der Waals surface area contributed by atoms with Gasteiger partial charge in [-0.15, -0.1) is 0 Å². The highest BCUT2D eigenvalue weighted by atomic mass is 16.5. The summed E-state index contributed by atoms with van der Waals surface area (Å²) in [7, 11) is 1.62. The van der Waals surface area contributed by atoms with Gasteiger partial charge in [0.2, 0.25) is 0 Å². The first-order chi connectivity index (χ1) is 13.9.